The molecule has 2 aliphatic rings. The minimum Gasteiger partial charge on any atom is -0.396 e. The summed E-state index contributed by atoms with van der Waals surface area (Å²) in [5, 5.41) is 12.3. The molecule has 2 aromatic rings. The quantitative estimate of drug-likeness (QED) is 0.708. The van der Waals surface area contributed by atoms with E-state index in [0.29, 0.717) is 11.6 Å². The highest BCUT2D eigenvalue weighted by atomic mass is 19.1. The molecule has 9 heteroatoms. The summed E-state index contributed by atoms with van der Waals surface area (Å²) in [6.45, 7) is 6.82. The molecule has 3 heterocycles. The number of nitrogens with one attached hydrogen (secondary N) is 1. The second-order valence-electron chi connectivity index (χ2n) is 8.57. The molecule has 2 fully saturated rings. The van der Waals surface area contributed by atoms with Crippen LogP contribution in [0.1, 0.15) is 19.8 Å². The third kappa shape index (κ3) is 5.34. The molecular weight excluding hydrogens is 411 g/mol. The predicted molar refractivity (Wildman–Crippen MR) is 122 cm³/mol. The molecular formula is C23H31FN6O2. The summed E-state index contributed by atoms with van der Waals surface area (Å²) >= 11 is 0. The van der Waals surface area contributed by atoms with E-state index in [4.69, 9.17) is 0 Å². The maximum atomic E-state index is 13.4. The van der Waals surface area contributed by atoms with Crippen LogP contribution in [0.15, 0.2) is 36.7 Å². The lowest BCUT2D eigenvalue weighted by molar-refractivity contribution is -0.120. The van der Waals surface area contributed by atoms with Crippen molar-refractivity contribution in [2.75, 3.05) is 61.0 Å². The molecule has 8 nitrogen and oxygen atoms in total. The number of carbonyl (C=O) groups excluding carboxylic acids is 1. The summed E-state index contributed by atoms with van der Waals surface area (Å²) in [6.07, 6.45) is 3.71. The SMILES string of the molecule is CC(C(=O)Nc1cccc(F)c1)N1CCN(c2cc(N3CCCC(CO)C3)ncn2)CC1. The van der Waals surface area contributed by atoms with Crippen LogP contribution in [0.25, 0.3) is 0 Å². The van der Waals surface area contributed by atoms with Crippen molar-refractivity contribution in [2.24, 2.45) is 5.92 Å². The van der Waals surface area contributed by atoms with Crippen molar-refractivity contribution in [3.63, 3.8) is 0 Å². The van der Waals surface area contributed by atoms with Gasteiger partial charge in [-0.15, -0.1) is 0 Å². The highest BCUT2D eigenvalue weighted by molar-refractivity contribution is 5.94. The van der Waals surface area contributed by atoms with Gasteiger partial charge in [0.2, 0.25) is 5.91 Å². The fourth-order valence-corrected chi connectivity index (χ4v) is 4.42. The molecule has 1 aromatic carbocycles. The molecule has 2 saturated heterocycles. The lowest BCUT2D eigenvalue weighted by atomic mass is 9.99. The number of benzene rings is 1. The Morgan fingerprint density at radius 1 is 1.16 bits per heavy atom. The molecule has 0 saturated carbocycles. The van der Waals surface area contributed by atoms with Crippen LogP contribution in [0.5, 0.6) is 0 Å². The minimum absolute atomic E-state index is 0.142. The zero-order valence-electron chi connectivity index (χ0n) is 18.5. The number of piperazine rings is 1. The Labute approximate surface area is 188 Å². The Kier molecular flexibility index (Phi) is 7.16. The summed E-state index contributed by atoms with van der Waals surface area (Å²) in [4.78, 5) is 28.1. The van der Waals surface area contributed by atoms with Crippen LogP contribution in [0, 0.1) is 11.7 Å². The molecule has 0 aliphatic carbocycles. The highest BCUT2D eigenvalue weighted by Crippen LogP contribution is 2.24. The van der Waals surface area contributed by atoms with Gasteiger partial charge >= 0.3 is 0 Å². The van der Waals surface area contributed by atoms with Crippen LogP contribution < -0.4 is 15.1 Å². The van der Waals surface area contributed by atoms with Gasteiger partial charge < -0.3 is 20.2 Å². The van der Waals surface area contributed by atoms with E-state index in [-0.39, 0.29) is 24.4 Å². The maximum absolute atomic E-state index is 13.4. The zero-order chi connectivity index (χ0) is 22.5. The number of aliphatic hydroxyl groups excluding tert-OH is 1. The topological polar surface area (TPSA) is 84.8 Å². The van der Waals surface area contributed by atoms with Crippen LogP contribution in [0.3, 0.4) is 0 Å². The maximum Gasteiger partial charge on any atom is 0.241 e. The van der Waals surface area contributed by atoms with E-state index in [1.54, 1.807) is 18.5 Å². The van der Waals surface area contributed by atoms with Crippen molar-refractivity contribution < 1.29 is 14.3 Å². The van der Waals surface area contributed by atoms with Gasteiger partial charge in [0.05, 0.1) is 6.04 Å². The molecule has 172 valence electrons. The summed E-state index contributed by atoms with van der Waals surface area (Å²) < 4.78 is 13.4. The van der Waals surface area contributed by atoms with E-state index >= 15 is 0 Å². The number of carbonyl (C=O) groups is 1. The number of amides is 1. The number of piperidine rings is 1. The molecule has 2 unspecified atom stereocenters. The van der Waals surface area contributed by atoms with Gasteiger partial charge in [-0.25, -0.2) is 14.4 Å². The van der Waals surface area contributed by atoms with E-state index in [2.05, 4.69) is 30.0 Å². The second kappa shape index (κ2) is 10.2. The minimum atomic E-state index is -0.371. The highest BCUT2D eigenvalue weighted by Gasteiger charge is 2.27. The number of hydrogen-bond acceptors (Lipinski definition) is 7. The van der Waals surface area contributed by atoms with E-state index in [1.807, 2.05) is 13.0 Å². The molecule has 2 atom stereocenters. The fraction of sp³-hybridized carbons (Fsp3) is 0.522. The van der Waals surface area contributed by atoms with Crippen LogP contribution in [-0.4, -0.2) is 77.8 Å². The zero-order valence-corrected chi connectivity index (χ0v) is 18.5. The van der Waals surface area contributed by atoms with Crippen LogP contribution in [-0.2, 0) is 4.79 Å². The number of hydrogen-bond donors (Lipinski definition) is 2. The number of halogens is 1. The molecule has 1 aromatic heterocycles. The first-order valence-corrected chi connectivity index (χ1v) is 11.3. The molecule has 0 bridgehead atoms. The van der Waals surface area contributed by atoms with E-state index in [9.17, 15) is 14.3 Å². The molecule has 2 aliphatic heterocycles. The van der Waals surface area contributed by atoms with Crippen LogP contribution in [0.2, 0.25) is 0 Å². The van der Waals surface area contributed by atoms with Gasteiger partial charge in [-0.3, -0.25) is 9.69 Å². The predicted octanol–water partition coefficient (Wildman–Crippen LogP) is 1.97. The Hall–Kier alpha value is -2.78. The lowest BCUT2D eigenvalue weighted by Gasteiger charge is -2.38. The summed E-state index contributed by atoms with van der Waals surface area (Å²) in [5.41, 5.74) is 0.468. The van der Waals surface area contributed by atoms with E-state index in [1.165, 1.54) is 12.1 Å². The van der Waals surface area contributed by atoms with Gasteiger partial charge in [0.25, 0.3) is 0 Å². The normalized spacial score (nSPS) is 20.8. The second-order valence-corrected chi connectivity index (χ2v) is 8.57. The average molecular weight is 443 g/mol. The fourth-order valence-electron chi connectivity index (χ4n) is 4.42. The number of aliphatic hydroxyl groups is 1. The first kappa shape index (κ1) is 22.4. The van der Waals surface area contributed by atoms with Gasteiger partial charge in [0.1, 0.15) is 23.8 Å². The lowest BCUT2D eigenvalue weighted by Crippen LogP contribution is -2.53. The van der Waals surface area contributed by atoms with E-state index in [0.717, 1.165) is 63.7 Å². The van der Waals surface area contributed by atoms with E-state index < -0.39 is 0 Å². The molecule has 0 radical (unpaired) electrons. The third-order valence-corrected chi connectivity index (χ3v) is 6.40. The monoisotopic (exact) mass is 442 g/mol. The van der Waals surface area contributed by atoms with Crippen molar-refractivity contribution in [1.82, 2.24) is 14.9 Å². The molecule has 4 rings (SSSR count). The smallest absolute Gasteiger partial charge is 0.241 e. The molecule has 2 N–H and O–H groups in total. The van der Waals surface area contributed by atoms with Crippen molar-refractivity contribution in [1.29, 1.82) is 0 Å². The molecule has 0 spiro atoms. The Bertz CT molecular complexity index is 921. The summed E-state index contributed by atoms with van der Waals surface area (Å²) in [6, 6.07) is 7.65. The van der Waals surface area contributed by atoms with Crippen molar-refractivity contribution in [3.8, 4) is 0 Å². The average Bonchev–Trinajstić information content (AvgIpc) is 2.84. The molecule has 32 heavy (non-hydrogen) atoms. The standard InChI is InChI=1S/C23H31FN6O2/c1-17(23(32)27-20-6-2-5-19(24)12-20)28-8-10-29(11-9-28)21-13-22(26-16-25-21)30-7-3-4-18(14-30)15-31/h2,5-6,12-13,16-18,31H,3-4,7-11,14-15H2,1H3,(H,27,32). The van der Waals surface area contributed by atoms with Gasteiger partial charge in [-0.05, 0) is 43.9 Å². The Morgan fingerprint density at radius 2 is 1.91 bits per heavy atom. The van der Waals surface area contributed by atoms with Gasteiger partial charge in [-0.2, -0.15) is 0 Å². The van der Waals surface area contributed by atoms with Gasteiger partial charge in [-0.1, -0.05) is 6.07 Å². The van der Waals surface area contributed by atoms with Crippen molar-refractivity contribution in [2.45, 2.75) is 25.8 Å². The summed E-state index contributed by atoms with van der Waals surface area (Å²) in [7, 11) is 0. The van der Waals surface area contributed by atoms with Crippen LogP contribution in [0.4, 0.5) is 21.7 Å². The first-order chi connectivity index (χ1) is 15.5. The number of rotatable bonds is 6. The number of aromatic nitrogens is 2. The van der Waals surface area contributed by atoms with Crippen molar-refractivity contribution in [3.05, 3.63) is 42.5 Å². The number of anilines is 3. The Balaban J connectivity index is 1.33. The van der Waals surface area contributed by atoms with Crippen LogP contribution >= 0.6 is 0 Å². The van der Waals surface area contributed by atoms with Gasteiger partial charge in [0, 0.05) is 57.6 Å². The van der Waals surface area contributed by atoms with Gasteiger partial charge in [0.15, 0.2) is 0 Å². The number of nitrogens with zero attached hydrogens (tertiary/aromatic N) is 5. The Morgan fingerprint density at radius 3 is 2.62 bits per heavy atom. The van der Waals surface area contributed by atoms with Crippen molar-refractivity contribution >= 4 is 23.2 Å². The summed E-state index contributed by atoms with van der Waals surface area (Å²) in [5.74, 6) is 1.57. The largest absolute Gasteiger partial charge is 0.396 e. The molecule has 1 amide bonds. The first-order valence-electron chi connectivity index (χ1n) is 11.3. The third-order valence-electron chi connectivity index (χ3n) is 6.40.